The molecule has 7 nitrogen and oxygen atoms in total. The first-order valence-corrected chi connectivity index (χ1v) is 12.7. The average Bonchev–Trinajstić information content (AvgIpc) is 2.74. The minimum absolute atomic E-state index is 0.0399. The van der Waals surface area contributed by atoms with Crippen molar-refractivity contribution in [3.05, 3.63) is 65.5 Å². The van der Waals surface area contributed by atoms with E-state index in [9.17, 15) is 22.4 Å². The highest BCUT2D eigenvalue weighted by Crippen LogP contribution is 2.20. The fraction of sp³-hybridized carbons (Fsp3) is 0.417. The molecule has 0 aliphatic rings. The van der Waals surface area contributed by atoms with Crippen LogP contribution in [0.25, 0.3) is 0 Å². The topological polar surface area (TPSA) is 86.8 Å². The van der Waals surface area contributed by atoms with Crippen molar-refractivity contribution in [3.8, 4) is 0 Å². The Kier molecular flexibility index (Phi) is 8.99. The van der Waals surface area contributed by atoms with Gasteiger partial charge in [0.25, 0.3) is 0 Å². The van der Waals surface area contributed by atoms with E-state index in [0.29, 0.717) is 0 Å². The van der Waals surface area contributed by atoms with E-state index >= 15 is 0 Å². The van der Waals surface area contributed by atoms with Gasteiger partial charge in [-0.2, -0.15) is 0 Å². The molecule has 0 saturated carbocycles. The SMILES string of the molecule is CC[C@@H](C)NC(=O)[C@H](C)N(Cc1cccc(C)c1)C(=O)CN(c1cccc(F)c1)S(C)(=O)=O. The maximum Gasteiger partial charge on any atom is 0.244 e. The Bertz CT molecular complexity index is 1090. The molecule has 9 heteroatoms. The second-order valence-electron chi connectivity index (χ2n) is 8.25. The first-order valence-electron chi connectivity index (χ1n) is 10.8. The van der Waals surface area contributed by atoms with Crippen molar-refractivity contribution >= 4 is 27.5 Å². The smallest absolute Gasteiger partial charge is 0.244 e. The van der Waals surface area contributed by atoms with Gasteiger partial charge in [-0.1, -0.05) is 42.8 Å². The molecular weight excluding hydrogens is 445 g/mol. The fourth-order valence-electron chi connectivity index (χ4n) is 3.30. The Balaban J connectivity index is 2.38. The Morgan fingerprint density at radius 1 is 1.09 bits per heavy atom. The number of rotatable bonds is 10. The maximum absolute atomic E-state index is 13.8. The number of nitrogens with one attached hydrogen (secondary N) is 1. The van der Waals surface area contributed by atoms with Gasteiger partial charge >= 0.3 is 0 Å². The summed E-state index contributed by atoms with van der Waals surface area (Å²) in [7, 11) is -3.89. The van der Waals surface area contributed by atoms with E-state index in [0.717, 1.165) is 34.2 Å². The van der Waals surface area contributed by atoms with Crippen LogP contribution in [-0.2, 0) is 26.2 Å². The van der Waals surface area contributed by atoms with E-state index in [2.05, 4.69) is 5.32 Å². The van der Waals surface area contributed by atoms with Crippen LogP contribution in [0.4, 0.5) is 10.1 Å². The van der Waals surface area contributed by atoms with Gasteiger partial charge in [-0.25, -0.2) is 12.8 Å². The molecular formula is C24H32FN3O4S. The quantitative estimate of drug-likeness (QED) is 0.569. The van der Waals surface area contributed by atoms with Gasteiger partial charge in [0.2, 0.25) is 21.8 Å². The van der Waals surface area contributed by atoms with Crippen molar-refractivity contribution < 1.29 is 22.4 Å². The molecule has 0 bridgehead atoms. The number of carbonyl (C=O) groups is 2. The van der Waals surface area contributed by atoms with Crippen LogP contribution in [0, 0.1) is 12.7 Å². The lowest BCUT2D eigenvalue weighted by Gasteiger charge is -2.32. The number of anilines is 1. The zero-order valence-electron chi connectivity index (χ0n) is 19.7. The van der Waals surface area contributed by atoms with E-state index in [4.69, 9.17) is 0 Å². The molecule has 33 heavy (non-hydrogen) atoms. The van der Waals surface area contributed by atoms with Gasteiger partial charge in [0.05, 0.1) is 11.9 Å². The van der Waals surface area contributed by atoms with E-state index in [-0.39, 0.29) is 24.2 Å². The lowest BCUT2D eigenvalue weighted by Crippen LogP contribution is -2.52. The van der Waals surface area contributed by atoms with Crippen LogP contribution in [0.1, 0.15) is 38.3 Å². The summed E-state index contributed by atoms with van der Waals surface area (Å²) in [5.41, 5.74) is 1.84. The fourth-order valence-corrected chi connectivity index (χ4v) is 4.14. The summed E-state index contributed by atoms with van der Waals surface area (Å²) in [5.74, 6) is -1.52. The van der Waals surface area contributed by atoms with Crippen LogP contribution < -0.4 is 9.62 Å². The van der Waals surface area contributed by atoms with Crippen LogP contribution in [0.3, 0.4) is 0 Å². The molecule has 0 radical (unpaired) electrons. The maximum atomic E-state index is 13.8. The van der Waals surface area contributed by atoms with Gasteiger partial charge in [-0.15, -0.1) is 0 Å². The average molecular weight is 478 g/mol. The van der Waals surface area contributed by atoms with Gasteiger partial charge in [0.15, 0.2) is 0 Å². The van der Waals surface area contributed by atoms with E-state index in [1.165, 1.54) is 23.1 Å². The van der Waals surface area contributed by atoms with Gasteiger partial charge in [0, 0.05) is 12.6 Å². The van der Waals surface area contributed by atoms with Gasteiger partial charge in [0.1, 0.15) is 18.4 Å². The summed E-state index contributed by atoms with van der Waals surface area (Å²) in [6.45, 7) is 6.90. The number of benzene rings is 2. The number of halogens is 1. The molecule has 0 heterocycles. The third-order valence-electron chi connectivity index (χ3n) is 5.38. The first kappa shape index (κ1) is 26.3. The van der Waals surface area contributed by atoms with Crippen LogP contribution in [-0.4, -0.2) is 50.0 Å². The molecule has 2 aromatic carbocycles. The minimum atomic E-state index is -3.89. The largest absolute Gasteiger partial charge is 0.352 e. The molecule has 2 amide bonds. The van der Waals surface area contributed by atoms with E-state index < -0.39 is 34.3 Å². The molecule has 0 fully saturated rings. The summed E-state index contributed by atoms with van der Waals surface area (Å²) in [5, 5.41) is 2.87. The van der Waals surface area contributed by atoms with Crippen LogP contribution in [0.2, 0.25) is 0 Å². The number of nitrogens with zero attached hydrogens (tertiary/aromatic N) is 2. The first-order chi connectivity index (χ1) is 15.4. The summed E-state index contributed by atoms with van der Waals surface area (Å²) >= 11 is 0. The highest BCUT2D eigenvalue weighted by atomic mass is 32.2. The third-order valence-corrected chi connectivity index (χ3v) is 6.52. The van der Waals surface area contributed by atoms with Crippen molar-refractivity contribution in [3.63, 3.8) is 0 Å². The van der Waals surface area contributed by atoms with Crippen molar-refractivity contribution in [1.29, 1.82) is 0 Å². The lowest BCUT2D eigenvalue weighted by atomic mass is 10.1. The molecule has 0 saturated heterocycles. The van der Waals surface area contributed by atoms with Gasteiger partial charge < -0.3 is 10.2 Å². The second kappa shape index (κ2) is 11.3. The Morgan fingerprint density at radius 2 is 1.76 bits per heavy atom. The normalized spacial score (nSPS) is 13.2. The molecule has 0 unspecified atom stereocenters. The second-order valence-corrected chi connectivity index (χ2v) is 10.2. The van der Waals surface area contributed by atoms with Crippen molar-refractivity contribution in [2.45, 2.75) is 52.7 Å². The number of carbonyl (C=O) groups excluding carboxylic acids is 2. The third kappa shape index (κ3) is 7.56. The van der Waals surface area contributed by atoms with Crippen molar-refractivity contribution in [2.24, 2.45) is 0 Å². The highest BCUT2D eigenvalue weighted by Gasteiger charge is 2.30. The zero-order valence-corrected chi connectivity index (χ0v) is 20.5. The van der Waals surface area contributed by atoms with Crippen molar-refractivity contribution in [2.75, 3.05) is 17.1 Å². The Hall–Kier alpha value is -2.94. The molecule has 1 N–H and O–H groups in total. The number of hydrogen-bond acceptors (Lipinski definition) is 4. The number of hydrogen-bond donors (Lipinski definition) is 1. The monoisotopic (exact) mass is 477 g/mol. The number of sulfonamides is 1. The van der Waals surface area contributed by atoms with E-state index in [1.807, 2.05) is 45.0 Å². The van der Waals surface area contributed by atoms with E-state index in [1.54, 1.807) is 6.92 Å². The molecule has 2 aromatic rings. The predicted molar refractivity (Wildman–Crippen MR) is 128 cm³/mol. The minimum Gasteiger partial charge on any atom is -0.352 e. The lowest BCUT2D eigenvalue weighted by molar-refractivity contribution is -0.139. The Labute approximate surface area is 195 Å². The summed E-state index contributed by atoms with van der Waals surface area (Å²) in [6.07, 6.45) is 1.68. The zero-order chi connectivity index (χ0) is 24.8. The summed E-state index contributed by atoms with van der Waals surface area (Å²) in [4.78, 5) is 27.6. The number of amides is 2. The molecule has 0 aliphatic heterocycles. The van der Waals surface area contributed by atoms with Gasteiger partial charge in [-0.05, 0) is 51.0 Å². The summed E-state index contributed by atoms with van der Waals surface area (Å²) < 4.78 is 39.5. The predicted octanol–water partition coefficient (Wildman–Crippen LogP) is 3.23. The summed E-state index contributed by atoms with van der Waals surface area (Å²) in [6, 6.07) is 11.6. The van der Waals surface area contributed by atoms with Crippen LogP contribution in [0.15, 0.2) is 48.5 Å². The van der Waals surface area contributed by atoms with Gasteiger partial charge in [-0.3, -0.25) is 13.9 Å². The van der Waals surface area contributed by atoms with Crippen LogP contribution in [0.5, 0.6) is 0 Å². The van der Waals surface area contributed by atoms with Crippen LogP contribution >= 0.6 is 0 Å². The Morgan fingerprint density at radius 3 is 2.33 bits per heavy atom. The molecule has 0 spiro atoms. The molecule has 180 valence electrons. The standard InChI is InChI=1S/C24H32FN3O4S/c1-6-18(3)26-24(30)19(4)27(15-20-10-7-9-17(2)13-20)23(29)16-28(33(5,31)32)22-12-8-11-21(25)14-22/h7-14,18-19H,6,15-16H2,1-5H3,(H,26,30)/t18-,19+/m1/s1. The number of aryl methyl sites for hydroxylation is 1. The van der Waals surface area contributed by atoms with Crippen molar-refractivity contribution in [1.82, 2.24) is 10.2 Å². The molecule has 0 aromatic heterocycles. The molecule has 0 aliphatic carbocycles. The highest BCUT2D eigenvalue weighted by molar-refractivity contribution is 7.92. The molecule has 2 atom stereocenters. The molecule has 2 rings (SSSR count).